The SMILES string of the molecule is O=C(c1ccc(Cl)c(Cl)c1Cl)N(CCC1CC1)C1CCNC1. The average molecular weight is 362 g/mol. The minimum absolute atomic E-state index is 0.0436. The second-order valence-corrected chi connectivity index (χ2v) is 7.26. The first-order chi connectivity index (χ1) is 10.6. The molecule has 1 heterocycles. The quantitative estimate of drug-likeness (QED) is 0.795. The second kappa shape index (κ2) is 6.96. The van der Waals surface area contributed by atoms with Gasteiger partial charge >= 0.3 is 0 Å². The Morgan fingerprint density at radius 1 is 1.18 bits per heavy atom. The highest BCUT2D eigenvalue weighted by molar-refractivity contribution is 6.49. The predicted octanol–water partition coefficient (Wildman–Crippen LogP) is 4.25. The van der Waals surface area contributed by atoms with Gasteiger partial charge in [-0.25, -0.2) is 0 Å². The highest BCUT2D eigenvalue weighted by atomic mass is 35.5. The molecule has 2 fully saturated rings. The topological polar surface area (TPSA) is 32.3 Å². The molecular formula is C16H19Cl3N2O. The first-order valence-electron chi connectivity index (χ1n) is 7.73. The van der Waals surface area contributed by atoms with E-state index >= 15 is 0 Å². The lowest BCUT2D eigenvalue weighted by molar-refractivity contribution is 0.0687. The second-order valence-electron chi connectivity index (χ2n) is 6.10. The van der Waals surface area contributed by atoms with Crippen molar-refractivity contribution in [2.75, 3.05) is 19.6 Å². The molecule has 1 aliphatic carbocycles. The van der Waals surface area contributed by atoms with Crippen LogP contribution in [-0.2, 0) is 0 Å². The summed E-state index contributed by atoms with van der Waals surface area (Å²) in [7, 11) is 0. The molecule has 6 heteroatoms. The molecule has 1 saturated carbocycles. The third kappa shape index (κ3) is 3.53. The van der Waals surface area contributed by atoms with E-state index in [0.717, 1.165) is 38.4 Å². The van der Waals surface area contributed by atoms with E-state index in [1.165, 1.54) is 12.8 Å². The molecular weight excluding hydrogens is 343 g/mol. The predicted molar refractivity (Wildman–Crippen MR) is 91.1 cm³/mol. The van der Waals surface area contributed by atoms with E-state index < -0.39 is 0 Å². The van der Waals surface area contributed by atoms with Crippen molar-refractivity contribution in [2.45, 2.75) is 31.7 Å². The first-order valence-corrected chi connectivity index (χ1v) is 8.86. The van der Waals surface area contributed by atoms with E-state index in [4.69, 9.17) is 34.8 Å². The number of halogens is 3. The summed E-state index contributed by atoms with van der Waals surface area (Å²) in [6, 6.07) is 3.54. The summed E-state index contributed by atoms with van der Waals surface area (Å²) in [5.74, 6) is 0.742. The van der Waals surface area contributed by atoms with Crippen LogP contribution in [0.15, 0.2) is 12.1 Å². The van der Waals surface area contributed by atoms with Gasteiger partial charge in [-0.15, -0.1) is 0 Å². The van der Waals surface area contributed by atoms with Crippen molar-refractivity contribution in [1.82, 2.24) is 10.2 Å². The summed E-state index contributed by atoms with van der Waals surface area (Å²) in [5, 5.41) is 4.20. The van der Waals surface area contributed by atoms with Gasteiger partial charge in [0.1, 0.15) is 0 Å². The molecule has 1 saturated heterocycles. The monoisotopic (exact) mass is 360 g/mol. The van der Waals surface area contributed by atoms with Gasteiger partial charge < -0.3 is 10.2 Å². The number of carbonyl (C=O) groups is 1. The van der Waals surface area contributed by atoms with Crippen LogP contribution < -0.4 is 5.32 Å². The number of carbonyl (C=O) groups excluding carboxylic acids is 1. The van der Waals surface area contributed by atoms with Crippen molar-refractivity contribution in [1.29, 1.82) is 0 Å². The fourth-order valence-corrected chi connectivity index (χ4v) is 3.55. The number of nitrogens with one attached hydrogen (secondary N) is 1. The largest absolute Gasteiger partial charge is 0.334 e. The van der Waals surface area contributed by atoms with Crippen molar-refractivity contribution >= 4 is 40.7 Å². The molecule has 3 nitrogen and oxygen atoms in total. The zero-order valence-corrected chi connectivity index (χ0v) is 14.5. The Kier molecular flexibility index (Phi) is 5.18. The minimum Gasteiger partial charge on any atom is -0.334 e. The van der Waals surface area contributed by atoms with Crippen LogP contribution in [0.25, 0.3) is 0 Å². The number of hydrogen-bond acceptors (Lipinski definition) is 2. The molecule has 1 amide bonds. The van der Waals surface area contributed by atoms with E-state index in [0.29, 0.717) is 10.6 Å². The van der Waals surface area contributed by atoms with E-state index in [1.54, 1.807) is 12.1 Å². The zero-order valence-electron chi connectivity index (χ0n) is 12.2. The maximum Gasteiger partial charge on any atom is 0.255 e. The molecule has 1 aliphatic heterocycles. The van der Waals surface area contributed by atoms with Crippen molar-refractivity contribution in [3.8, 4) is 0 Å². The molecule has 120 valence electrons. The summed E-state index contributed by atoms with van der Waals surface area (Å²) in [6.07, 6.45) is 4.63. The molecule has 2 aliphatic rings. The lowest BCUT2D eigenvalue weighted by Gasteiger charge is -2.29. The maximum atomic E-state index is 13.0. The van der Waals surface area contributed by atoms with Gasteiger partial charge in [0.15, 0.2) is 0 Å². The van der Waals surface area contributed by atoms with Crippen LogP contribution in [0.3, 0.4) is 0 Å². The van der Waals surface area contributed by atoms with Gasteiger partial charge in [-0.3, -0.25) is 4.79 Å². The summed E-state index contributed by atoms with van der Waals surface area (Å²) >= 11 is 18.3. The lowest BCUT2D eigenvalue weighted by atomic mass is 10.1. The molecule has 0 aromatic heterocycles. The molecule has 3 rings (SSSR count). The molecule has 1 N–H and O–H groups in total. The molecule has 22 heavy (non-hydrogen) atoms. The number of benzene rings is 1. The molecule has 0 radical (unpaired) electrons. The van der Waals surface area contributed by atoms with Crippen LogP contribution in [0.5, 0.6) is 0 Å². The third-order valence-corrected chi connectivity index (χ3v) is 5.77. The van der Waals surface area contributed by atoms with Crippen molar-refractivity contribution < 1.29 is 4.79 Å². The van der Waals surface area contributed by atoms with Crippen LogP contribution in [0.2, 0.25) is 15.1 Å². The van der Waals surface area contributed by atoms with Crippen LogP contribution in [0.1, 0.15) is 36.0 Å². The minimum atomic E-state index is -0.0436. The van der Waals surface area contributed by atoms with E-state index in [2.05, 4.69) is 5.32 Å². The van der Waals surface area contributed by atoms with E-state index in [-0.39, 0.29) is 22.0 Å². The van der Waals surface area contributed by atoms with Gasteiger partial charge in [0.25, 0.3) is 5.91 Å². The average Bonchev–Trinajstić information content (AvgIpc) is 3.18. The molecule has 1 unspecified atom stereocenters. The normalized spacial score (nSPS) is 21.1. The first kappa shape index (κ1) is 16.4. The van der Waals surface area contributed by atoms with Gasteiger partial charge in [-0.1, -0.05) is 47.6 Å². The highest BCUT2D eigenvalue weighted by Crippen LogP contribution is 2.35. The number of rotatable bonds is 5. The van der Waals surface area contributed by atoms with E-state index in [9.17, 15) is 4.79 Å². The summed E-state index contributed by atoms with van der Waals surface area (Å²) in [4.78, 5) is 14.9. The summed E-state index contributed by atoms with van der Waals surface area (Å²) < 4.78 is 0. The fourth-order valence-electron chi connectivity index (χ4n) is 2.93. The van der Waals surface area contributed by atoms with Gasteiger partial charge in [-0.05, 0) is 37.4 Å². The van der Waals surface area contributed by atoms with Crippen molar-refractivity contribution in [2.24, 2.45) is 5.92 Å². The summed E-state index contributed by atoms with van der Waals surface area (Å²) in [6.45, 7) is 2.58. The zero-order chi connectivity index (χ0) is 15.7. The third-order valence-electron chi connectivity index (χ3n) is 4.48. The summed E-state index contributed by atoms with van der Waals surface area (Å²) in [5.41, 5.74) is 0.443. The van der Waals surface area contributed by atoms with Crippen LogP contribution in [-0.4, -0.2) is 36.5 Å². The smallest absolute Gasteiger partial charge is 0.255 e. The van der Waals surface area contributed by atoms with Gasteiger partial charge in [0.05, 0.1) is 20.6 Å². The Morgan fingerprint density at radius 2 is 1.95 bits per heavy atom. The van der Waals surface area contributed by atoms with Gasteiger partial charge in [0, 0.05) is 19.1 Å². The van der Waals surface area contributed by atoms with Gasteiger partial charge in [-0.2, -0.15) is 0 Å². The Morgan fingerprint density at radius 3 is 2.59 bits per heavy atom. The maximum absolute atomic E-state index is 13.0. The Bertz CT molecular complexity index is 569. The molecule has 0 bridgehead atoms. The molecule has 1 aromatic carbocycles. The van der Waals surface area contributed by atoms with Crippen LogP contribution >= 0.6 is 34.8 Å². The standard InChI is InChI=1S/C16H19Cl3N2O/c17-13-4-3-12(14(18)15(13)19)16(22)21(8-6-10-1-2-10)11-5-7-20-9-11/h3-4,10-11,20H,1-2,5-9H2. The number of nitrogens with zero attached hydrogens (tertiary/aromatic N) is 1. The molecule has 0 spiro atoms. The molecule has 1 aromatic rings. The van der Waals surface area contributed by atoms with E-state index in [1.807, 2.05) is 4.90 Å². The number of hydrogen-bond donors (Lipinski definition) is 1. The van der Waals surface area contributed by atoms with Crippen molar-refractivity contribution in [3.63, 3.8) is 0 Å². The Hall–Kier alpha value is -0.480. The van der Waals surface area contributed by atoms with Crippen molar-refractivity contribution in [3.05, 3.63) is 32.8 Å². The fraction of sp³-hybridized carbons (Fsp3) is 0.562. The lowest BCUT2D eigenvalue weighted by Crippen LogP contribution is -2.42. The van der Waals surface area contributed by atoms with Crippen LogP contribution in [0, 0.1) is 5.92 Å². The highest BCUT2D eigenvalue weighted by Gasteiger charge is 2.31. The molecule has 1 atom stereocenters. The van der Waals surface area contributed by atoms with Crippen LogP contribution in [0.4, 0.5) is 0 Å². The Labute approximate surface area is 145 Å². The Balaban J connectivity index is 1.82. The number of amides is 1. The van der Waals surface area contributed by atoms with Gasteiger partial charge in [0.2, 0.25) is 0 Å².